The molecule has 0 saturated heterocycles. The van der Waals surface area contributed by atoms with Gasteiger partial charge in [0.05, 0.1) is 6.54 Å². The number of nitrogens with zero attached hydrogens (tertiary/aromatic N) is 2. The number of hydrogen-bond donors (Lipinski definition) is 2. The maximum absolute atomic E-state index is 11.2. The van der Waals surface area contributed by atoms with E-state index < -0.39 is 0 Å². The van der Waals surface area contributed by atoms with Crippen LogP contribution in [0.2, 0.25) is 0 Å². The molecule has 1 rings (SSSR count). The van der Waals surface area contributed by atoms with Gasteiger partial charge in [-0.15, -0.1) is 0 Å². The van der Waals surface area contributed by atoms with E-state index in [9.17, 15) is 4.79 Å². The number of nitrogens with one attached hydrogen (secondary N) is 2. The van der Waals surface area contributed by atoms with Crippen LogP contribution in [0.1, 0.15) is 13.3 Å². The van der Waals surface area contributed by atoms with E-state index in [0.717, 1.165) is 9.99 Å². The van der Waals surface area contributed by atoms with Gasteiger partial charge in [0.25, 0.3) is 0 Å². The van der Waals surface area contributed by atoms with Crippen LogP contribution in [-0.2, 0) is 4.79 Å². The van der Waals surface area contributed by atoms with Gasteiger partial charge in [0, 0.05) is 22.5 Å². The van der Waals surface area contributed by atoms with Crippen LogP contribution in [0.15, 0.2) is 12.4 Å². The third-order valence-corrected chi connectivity index (χ3v) is 2.16. The number of halogens is 1. The zero-order valence-electron chi connectivity index (χ0n) is 8.46. The van der Waals surface area contributed by atoms with Crippen molar-refractivity contribution in [2.24, 2.45) is 0 Å². The van der Waals surface area contributed by atoms with E-state index in [2.05, 4.69) is 43.2 Å². The second-order valence-electron chi connectivity index (χ2n) is 2.93. The predicted octanol–water partition coefficient (Wildman–Crippen LogP) is 1.02. The number of carbonyl (C=O) groups is 1. The summed E-state index contributed by atoms with van der Waals surface area (Å²) >= 11 is 2.12. The van der Waals surface area contributed by atoms with Crippen LogP contribution in [-0.4, -0.2) is 29.0 Å². The van der Waals surface area contributed by atoms with Gasteiger partial charge in [-0.25, -0.2) is 9.97 Å². The van der Waals surface area contributed by atoms with Crippen molar-refractivity contribution in [1.82, 2.24) is 15.3 Å². The second kappa shape index (κ2) is 6.54. The highest BCUT2D eigenvalue weighted by Crippen LogP contribution is 2.01. The first kappa shape index (κ1) is 12.2. The van der Waals surface area contributed by atoms with Crippen LogP contribution in [0.25, 0.3) is 0 Å². The van der Waals surface area contributed by atoms with Gasteiger partial charge in [-0.2, -0.15) is 0 Å². The summed E-state index contributed by atoms with van der Waals surface area (Å²) in [6, 6.07) is 0. The molecule has 0 aromatic carbocycles. The first-order chi connectivity index (χ1) is 7.22. The number of aromatic nitrogens is 2. The fourth-order valence-corrected chi connectivity index (χ4v) is 1.17. The van der Waals surface area contributed by atoms with Gasteiger partial charge in [-0.3, -0.25) is 4.79 Å². The van der Waals surface area contributed by atoms with Crippen molar-refractivity contribution in [3.8, 4) is 0 Å². The Balaban J connectivity index is 2.30. The van der Waals surface area contributed by atoms with Gasteiger partial charge in [-0.05, 0) is 29.0 Å². The molecule has 0 saturated carbocycles. The molecular formula is C9H13IN4O. The molecule has 0 aliphatic heterocycles. The Hall–Kier alpha value is -0.920. The number of carbonyl (C=O) groups excluding carboxylic acids is 1. The van der Waals surface area contributed by atoms with Crippen molar-refractivity contribution in [3.63, 3.8) is 0 Å². The molecule has 0 unspecified atom stereocenters. The minimum absolute atomic E-state index is 0.0426. The topological polar surface area (TPSA) is 66.9 Å². The van der Waals surface area contributed by atoms with E-state index in [-0.39, 0.29) is 12.5 Å². The predicted molar refractivity (Wildman–Crippen MR) is 66.5 cm³/mol. The standard InChI is InChI=1S/C9H13IN4O/c1-2-3-11-8(15)6-14-9-12-4-7(10)5-13-9/h4-5H,2-3,6H2,1H3,(H,11,15)(H,12,13,14). The third-order valence-electron chi connectivity index (χ3n) is 1.60. The van der Waals surface area contributed by atoms with Gasteiger partial charge in [0.1, 0.15) is 0 Å². The Morgan fingerprint density at radius 2 is 2.13 bits per heavy atom. The van der Waals surface area contributed by atoms with E-state index in [1.54, 1.807) is 12.4 Å². The van der Waals surface area contributed by atoms with Crippen molar-refractivity contribution in [1.29, 1.82) is 0 Å². The summed E-state index contributed by atoms with van der Waals surface area (Å²) in [6.07, 6.45) is 4.32. The molecule has 0 fully saturated rings. The molecule has 1 heterocycles. The number of anilines is 1. The molecule has 0 bridgehead atoms. The lowest BCUT2D eigenvalue weighted by Crippen LogP contribution is -2.30. The second-order valence-corrected chi connectivity index (χ2v) is 4.17. The Morgan fingerprint density at radius 3 is 2.73 bits per heavy atom. The van der Waals surface area contributed by atoms with Crippen molar-refractivity contribution in [2.75, 3.05) is 18.4 Å². The van der Waals surface area contributed by atoms with Gasteiger partial charge in [0.2, 0.25) is 11.9 Å². The minimum Gasteiger partial charge on any atom is -0.355 e. The zero-order valence-corrected chi connectivity index (χ0v) is 10.6. The van der Waals surface area contributed by atoms with Crippen molar-refractivity contribution in [3.05, 3.63) is 16.0 Å². The van der Waals surface area contributed by atoms with E-state index in [1.165, 1.54) is 0 Å². The molecule has 82 valence electrons. The summed E-state index contributed by atoms with van der Waals surface area (Å²) in [7, 11) is 0. The first-order valence-corrected chi connectivity index (χ1v) is 5.78. The lowest BCUT2D eigenvalue weighted by Gasteiger charge is -2.04. The maximum Gasteiger partial charge on any atom is 0.239 e. The van der Waals surface area contributed by atoms with E-state index in [1.807, 2.05) is 6.92 Å². The molecule has 6 heteroatoms. The van der Waals surface area contributed by atoms with Crippen molar-refractivity contribution < 1.29 is 4.79 Å². The molecule has 5 nitrogen and oxygen atoms in total. The zero-order chi connectivity index (χ0) is 11.1. The van der Waals surface area contributed by atoms with Crippen molar-refractivity contribution in [2.45, 2.75) is 13.3 Å². The smallest absolute Gasteiger partial charge is 0.239 e. The highest BCUT2D eigenvalue weighted by molar-refractivity contribution is 14.1. The summed E-state index contributed by atoms with van der Waals surface area (Å²) in [4.78, 5) is 19.3. The molecule has 15 heavy (non-hydrogen) atoms. The number of rotatable bonds is 5. The Kier molecular flexibility index (Phi) is 5.30. The highest BCUT2D eigenvalue weighted by Gasteiger charge is 2.00. The molecule has 1 amide bonds. The Morgan fingerprint density at radius 1 is 1.47 bits per heavy atom. The molecule has 0 radical (unpaired) electrons. The first-order valence-electron chi connectivity index (χ1n) is 4.70. The van der Waals surface area contributed by atoms with Crippen molar-refractivity contribution >= 4 is 34.4 Å². The lowest BCUT2D eigenvalue weighted by molar-refractivity contribution is -0.119. The summed E-state index contributed by atoms with van der Waals surface area (Å²) in [5, 5.41) is 5.60. The fourth-order valence-electron chi connectivity index (χ4n) is 0.890. The molecule has 0 atom stereocenters. The maximum atomic E-state index is 11.2. The summed E-state index contributed by atoms with van der Waals surface area (Å²) in [6.45, 7) is 2.92. The quantitative estimate of drug-likeness (QED) is 0.795. The molecule has 1 aromatic rings. The summed E-state index contributed by atoms with van der Waals surface area (Å²) in [5.41, 5.74) is 0. The SMILES string of the molecule is CCCNC(=O)CNc1ncc(I)cn1. The van der Waals surface area contributed by atoms with Gasteiger partial charge in [-0.1, -0.05) is 6.92 Å². The Bertz CT molecular complexity index is 314. The van der Waals surface area contributed by atoms with Gasteiger partial charge in [0.15, 0.2) is 0 Å². The van der Waals surface area contributed by atoms with Crippen LogP contribution in [0.3, 0.4) is 0 Å². The Labute approximate surface area is 102 Å². The van der Waals surface area contributed by atoms with Crippen LogP contribution < -0.4 is 10.6 Å². The molecular weight excluding hydrogens is 307 g/mol. The van der Waals surface area contributed by atoms with Crippen LogP contribution in [0.4, 0.5) is 5.95 Å². The summed E-state index contributed by atoms with van der Waals surface area (Å²) < 4.78 is 0.966. The van der Waals surface area contributed by atoms with Crippen LogP contribution >= 0.6 is 22.6 Å². The average Bonchev–Trinajstić information content (AvgIpc) is 2.25. The lowest BCUT2D eigenvalue weighted by atomic mass is 10.4. The van der Waals surface area contributed by atoms with Gasteiger partial charge < -0.3 is 10.6 Å². The molecule has 2 N–H and O–H groups in total. The molecule has 0 aliphatic rings. The van der Waals surface area contributed by atoms with E-state index in [4.69, 9.17) is 0 Å². The fraction of sp³-hybridized carbons (Fsp3) is 0.444. The van der Waals surface area contributed by atoms with Crippen LogP contribution in [0, 0.1) is 3.57 Å². The molecule has 0 aliphatic carbocycles. The number of amides is 1. The average molecular weight is 320 g/mol. The third kappa shape index (κ3) is 4.91. The van der Waals surface area contributed by atoms with E-state index >= 15 is 0 Å². The van der Waals surface area contributed by atoms with Gasteiger partial charge >= 0.3 is 0 Å². The minimum atomic E-state index is -0.0426. The molecule has 0 spiro atoms. The van der Waals surface area contributed by atoms with E-state index in [0.29, 0.717) is 12.5 Å². The normalized spacial score (nSPS) is 9.73. The number of hydrogen-bond acceptors (Lipinski definition) is 4. The molecule has 1 aromatic heterocycles. The van der Waals surface area contributed by atoms with Crippen LogP contribution in [0.5, 0.6) is 0 Å². The highest BCUT2D eigenvalue weighted by atomic mass is 127. The largest absolute Gasteiger partial charge is 0.355 e. The monoisotopic (exact) mass is 320 g/mol. The summed E-state index contributed by atoms with van der Waals surface area (Å²) in [5.74, 6) is 0.432.